The van der Waals surface area contributed by atoms with Crippen LogP contribution >= 0.6 is 0 Å². The summed E-state index contributed by atoms with van der Waals surface area (Å²) in [5, 5.41) is 2.81. The van der Waals surface area contributed by atoms with Gasteiger partial charge in [0.25, 0.3) is 5.91 Å². The van der Waals surface area contributed by atoms with E-state index < -0.39 is 6.10 Å². The molecule has 2 atom stereocenters. The van der Waals surface area contributed by atoms with Crippen LogP contribution in [0.4, 0.5) is 11.5 Å². The van der Waals surface area contributed by atoms with Gasteiger partial charge in [-0.15, -0.1) is 0 Å². The lowest BCUT2D eigenvalue weighted by Crippen LogP contribution is -2.44. The molecule has 25 heavy (non-hydrogen) atoms. The number of rotatable bonds is 6. The molecule has 0 spiro atoms. The Bertz CT molecular complexity index is 552. The van der Waals surface area contributed by atoms with Crippen molar-refractivity contribution in [3.8, 4) is 0 Å². The molecule has 0 bridgehead atoms. The Kier molecular flexibility index (Phi) is 6.23. The van der Waals surface area contributed by atoms with Crippen LogP contribution in [0.1, 0.15) is 19.8 Å². The van der Waals surface area contributed by atoms with Crippen LogP contribution in [0.25, 0.3) is 0 Å². The SMILES string of the molecule is C[C@H](OC[C@H]1CCCO1)C(=O)Nc1ccc(N2CCN(C)CC2)cn1. The summed E-state index contributed by atoms with van der Waals surface area (Å²) in [5.41, 5.74) is 1.09. The summed E-state index contributed by atoms with van der Waals surface area (Å²) in [4.78, 5) is 21.2. The number of nitrogens with zero attached hydrogens (tertiary/aromatic N) is 3. The predicted molar refractivity (Wildman–Crippen MR) is 97.0 cm³/mol. The van der Waals surface area contributed by atoms with E-state index in [1.807, 2.05) is 18.3 Å². The van der Waals surface area contributed by atoms with Crippen LogP contribution in [0.2, 0.25) is 0 Å². The van der Waals surface area contributed by atoms with Gasteiger partial charge in [0, 0.05) is 32.8 Å². The van der Waals surface area contributed by atoms with Gasteiger partial charge >= 0.3 is 0 Å². The maximum Gasteiger partial charge on any atom is 0.254 e. The number of ether oxygens (including phenoxy) is 2. The number of carbonyl (C=O) groups is 1. The van der Waals surface area contributed by atoms with E-state index >= 15 is 0 Å². The van der Waals surface area contributed by atoms with E-state index in [9.17, 15) is 4.79 Å². The summed E-state index contributed by atoms with van der Waals surface area (Å²) >= 11 is 0. The molecule has 1 aromatic heterocycles. The van der Waals surface area contributed by atoms with E-state index in [1.165, 1.54) is 0 Å². The zero-order chi connectivity index (χ0) is 17.6. The monoisotopic (exact) mass is 348 g/mol. The van der Waals surface area contributed by atoms with Crippen molar-refractivity contribution < 1.29 is 14.3 Å². The fourth-order valence-corrected chi connectivity index (χ4v) is 3.04. The number of hydrogen-bond donors (Lipinski definition) is 1. The minimum atomic E-state index is -0.525. The third-order valence-electron chi connectivity index (χ3n) is 4.79. The van der Waals surface area contributed by atoms with E-state index in [1.54, 1.807) is 6.92 Å². The molecule has 0 aromatic carbocycles. The number of carbonyl (C=O) groups excluding carboxylic acids is 1. The number of hydrogen-bond acceptors (Lipinski definition) is 6. The third kappa shape index (κ3) is 5.14. The Morgan fingerprint density at radius 3 is 2.84 bits per heavy atom. The van der Waals surface area contributed by atoms with Gasteiger partial charge in [0.1, 0.15) is 11.9 Å². The number of anilines is 2. The molecule has 2 aliphatic rings. The molecule has 2 fully saturated rings. The zero-order valence-electron chi connectivity index (χ0n) is 15.1. The van der Waals surface area contributed by atoms with E-state index in [0.717, 1.165) is 51.3 Å². The molecule has 0 aliphatic carbocycles. The van der Waals surface area contributed by atoms with Crippen LogP contribution in [0.5, 0.6) is 0 Å². The molecule has 2 saturated heterocycles. The van der Waals surface area contributed by atoms with Gasteiger partial charge in [0.2, 0.25) is 0 Å². The van der Waals surface area contributed by atoms with Crippen molar-refractivity contribution in [2.24, 2.45) is 0 Å². The number of aromatic nitrogens is 1. The number of piperazine rings is 1. The quantitative estimate of drug-likeness (QED) is 0.837. The molecular formula is C18H28N4O3. The first-order valence-electron chi connectivity index (χ1n) is 9.05. The Labute approximate surface area is 149 Å². The summed E-state index contributed by atoms with van der Waals surface area (Å²) < 4.78 is 11.1. The molecule has 1 N–H and O–H groups in total. The maximum atomic E-state index is 12.2. The van der Waals surface area contributed by atoms with Gasteiger partial charge in [0.15, 0.2) is 0 Å². The van der Waals surface area contributed by atoms with Crippen LogP contribution in [0.3, 0.4) is 0 Å². The minimum Gasteiger partial charge on any atom is -0.376 e. The van der Waals surface area contributed by atoms with Crippen molar-refractivity contribution in [2.45, 2.75) is 32.0 Å². The second-order valence-electron chi connectivity index (χ2n) is 6.79. The molecule has 7 nitrogen and oxygen atoms in total. The fourth-order valence-electron chi connectivity index (χ4n) is 3.04. The molecule has 0 radical (unpaired) electrons. The van der Waals surface area contributed by atoms with Gasteiger partial charge in [-0.3, -0.25) is 4.79 Å². The van der Waals surface area contributed by atoms with Gasteiger partial charge in [-0.25, -0.2) is 4.98 Å². The van der Waals surface area contributed by atoms with Gasteiger partial charge in [-0.2, -0.15) is 0 Å². The van der Waals surface area contributed by atoms with E-state index in [0.29, 0.717) is 12.4 Å². The first-order valence-corrected chi connectivity index (χ1v) is 9.05. The van der Waals surface area contributed by atoms with Crippen molar-refractivity contribution in [2.75, 3.05) is 56.7 Å². The topological polar surface area (TPSA) is 66.9 Å². The highest BCUT2D eigenvalue weighted by molar-refractivity contribution is 5.93. The van der Waals surface area contributed by atoms with Crippen molar-refractivity contribution in [1.82, 2.24) is 9.88 Å². The van der Waals surface area contributed by atoms with Crippen molar-refractivity contribution >= 4 is 17.4 Å². The van der Waals surface area contributed by atoms with E-state index in [4.69, 9.17) is 9.47 Å². The standard InChI is InChI=1S/C18H28N4O3/c1-14(25-13-16-4-3-11-24-16)18(23)20-17-6-5-15(12-19-17)22-9-7-21(2)8-10-22/h5-6,12,14,16H,3-4,7-11,13H2,1-2H3,(H,19,20,23)/t14-,16+/m0/s1. The van der Waals surface area contributed by atoms with Gasteiger partial charge in [0.05, 0.1) is 24.6 Å². The summed E-state index contributed by atoms with van der Waals surface area (Å²) in [7, 11) is 2.14. The maximum absolute atomic E-state index is 12.2. The third-order valence-corrected chi connectivity index (χ3v) is 4.79. The largest absolute Gasteiger partial charge is 0.376 e. The van der Waals surface area contributed by atoms with Crippen LogP contribution in [0, 0.1) is 0 Å². The van der Waals surface area contributed by atoms with Crippen LogP contribution in [-0.4, -0.2) is 74.4 Å². The molecule has 0 saturated carbocycles. The number of likely N-dealkylation sites (N-methyl/N-ethyl adjacent to an activating group) is 1. The first-order chi connectivity index (χ1) is 12.1. The average molecular weight is 348 g/mol. The van der Waals surface area contributed by atoms with Crippen molar-refractivity contribution in [3.05, 3.63) is 18.3 Å². The first kappa shape index (κ1) is 18.1. The average Bonchev–Trinajstić information content (AvgIpc) is 3.14. The van der Waals surface area contributed by atoms with Crippen LogP contribution in [-0.2, 0) is 14.3 Å². The predicted octanol–water partition coefficient (Wildman–Crippen LogP) is 1.36. The molecule has 138 valence electrons. The van der Waals surface area contributed by atoms with E-state index in [2.05, 4.69) is 27.1 Å². The van der Waals surface area contributed by atoms with Crippen LogP contribution in [0.15, 0.2) is 18.3 Å². The van der Waals surface area contributed by atoms with Gasteiger partial charge in [-0.05, 0) is 38.9 Å². The van der Waals surface area contributed by atoms with Crippen molar-refractivity contribution in [1.29, 1.82) is 0 Å². The van der Waals surface area contributed by atoms with E-state index in [-0.39, 0.29) is 12.0 Å². The molecule has 7 heteroatoms. The second-order valence-corrected chi connectivity index (χ2v) is 6.79. The highest BCUT2D eigenvalue weighted by Gasteiger charge is 2.20. The summed E-state index contributed by atoms with van der Waals surface area (Å²) in [6.45, 7) is 7.11. The summed E-state index contributed by atoms with van der Waals surface area (Å²) in [6.07, 6.45) is 3.49. The Hall–Kier alpha value is -1.70. The highest BCUT2D eigenvalue weighted by atomic mass is 16.5. The lowest BCUT2D eigenvalue weighted by atomic mass is 10.2. The van der Waals surface area contributed by atoms with Crippen molar-refractivity contribution in [3.63, 3.8) is 0 Å². The molecule has 1 amide bonds. The lowest BCUT2D eigenvalue weighted by Gasteiger charge is -2.33. The van der Waals surface area contributed by atoms with Crippen LogP contribution < -0.4 is 10.2 Å². The molecule has 1 aromatic rings. The zero-order valence-corrected chi connectivity index (χ0v) is 15.1. The highest BCUT2D eigenvalue weighted by Crippen LogP contribution is 2.17. The Morgan fingerprint density at radius 2 is 2.20 bits per heavy atom. The lowest BCUT2D eigenvalue weighted by molar-refractivity contribution is -0.128. The molecule has 3 heterocycles. The van der Waals surface area contributed by atoms with Gasteiger partial charge < -0.3 is 24.6 Å². The number of pyridine rings is 1. The summed E-state index contributed by atoms with van der Waals surface area (Å²) in [5.74, 6) is 0.369. The number of nitrogens with one attached hydrogen (secondary N) is 1. The molecule has 0 unspecified atom stereocenters. The Balaban J connectivity index is 1.46. The molecule has 2 aliphatic heterocycles. The summed E-state index contributed by atoms with van der Waals surface area (Å²) in [6, 6.07) is 3.85. The molecular weight excluding hydrogens is 320 g/mol. The minimum absolute atomic E-state index is 0.122. The molecule has 3 rings (SSSR count). The number of amides is 1. The normalized spacial score (nSPS) is 22.8. The van der Waals surface area contributed by atoms with Gasteiger partial charge in [-0.1, -0.05) is 0 Å². The Morgan fingerprint density at radius 1 is 1.40 bits per heavy atom. The second kappa shape index (κ2) is 8.60. The smallest absolute Gasteiger partial charge is 0.254 e. The fraction of sp³-hybridized carbons (Fsp3) is 0.667.